The summed E-state index contributed by atoms with van der Waals surface area (Å²) in [4.78, 5) is 0. The lowest BCUT2D eigenvalue weighted by Crippen LogP contribution is -2.13. The Balaban J connectivity index is 0.00000144. The van der Waals surface area contributed by atoms with Gasteiger partial charge in [0, 0.05) is 18.2 Å². The molecule has 0 aliphatic heterocycles. The molecule has 0 amide bonds. The van der Waals surface area contributed by atoms with E-state index in [1.807, 2.05) is 13.8 Å². The molecule has 1 aromatic rings. The molecule has 4 nitrogen and oxygen atoms in total. The summed E-state index contributed by atoms with van der Waals surface area (Å²) in [5.41, 5.74) is 7.53. The molecule has 1 rings (SSSR count). The van der Waals surface area contributed by atoms with Crippen LogP contribution in [0.4, 0.5) is 0 Å². The second-order valence-corrected chi connectivity index (χ2v) is 2.86. The SMILES string of the molecule is Cc1noc(C)c1C(N)CCO.Cl. The number of aryl methyl sites for hydroxylation is 2. The van der Waals surface area contributed by atoms with Gasteiger partial charge in [0.25, 0.3) is 0 Å². The lowest BCUT2D eigenvalue weighted by molar-refractivity contribution is 0.276. The second kappa shape index (κ2) is 5.21. The van der Waals surface area contributed by atoms with E-state index in [0.717, 1.165) is 17.0 Å². The summed E-state index contributed by atoms with van der Waals surface area (Å²) < 4.78 is 4.95. The van der Waals surface area contributed by atoms with Gasteiger partial charge in [0.1, 0.15) is 5.76 Å². The van der Waals surface area contributed by atoms with Crippen LogP contribution in [0, 0.1) is 13.8 Å². The fourth-order valence-corrected chi connectivity index (χ4v) is 1.30. The first-order chi connectivity index (χ1) is 5.66. The molecule has 0 saturated heterocycles. The van der Waals surface area contributed by atoms with Gasteiger partial charge in [0.05, 0.1) is 5.69 Å². The van der Waals surface area contributed by atoms with Crippen molar-refractivity contribution in [3.05, 3.63) is 17.0 Å². The van der Waals surface area contributed by atoms with Crippen LogP contribution in [0.5, 0.6) is 0 Å². The highest BCUT2D eigenvalue weighted by molar-refractivity contribution is 5.85. The number of nitrogens with zero attached hydrogens (tertiary/aromatic N) is 1. The molecule has 0 aliphatic rings. The Bertz CT molecular complexity index is 243. The van der Waals surface area contributed by atoms with Crippen LogP contribution < -0.4 is 5.73 Å². The van der Waals surface area contributed by atoms with E-state index in [9.17, 15) is 0 Å². The van der Waals surface area contributed by atoms with Crippen LogP contribution in [-0.4, -0.2) is 16.9 Å². The van der Waals surface area contributed by atoms with E-state index in [-0.39, 0.29) is 25.1 Å². The number of hydrogen-bond donors (Lipinski definition) is 2. The first-order valence-corrected chi connectivity index (χ1v) is 3.96. The molecule has 1 aromatic heterocycles. The van der Waals surface area contributed by atoms with Gasteiger partial charge in [-0.2, -0.15) is 0 Å². The molecule has 1 heterocycles. The zero-order valence-corrected chi connectivity index (χ0v) is 8.60. The summed E-state index contributed by atoms with van der Waals surface area (Å²) in [7, 11) is 0. The maximum atomic E-state index is 8.69. The third-order valence-corrected chi connectivity index (χ3v) is 1.90. The Hall–Kier alpha value is -0.580. The number of aromatic nitrogens is 1. The third-order valence-electron chi connectivity index (χ3n) is 1.90. The fourth-order valence-electron chi connectivity index (χ4n) is 1.30. The lowest BCUT2D eigenvalue weighted by atomic mass is 10.0. The van der Waals surface area contributed by atoms with E-state index in [4.69, 9.17) is 15.4 Å². The molecule has 0 saturated carbocycles. The van der Waals surface area contributed by atoms with E-state index in [2.05, 4.69) is 5.16 Å². The minimum Gasteiger partial charge on any atom is -0.396 e. The van der Waals surface area contributed by atoms with Crippen molar-refractivity contribution in [2.45, 2.75) is 26.3 Å². The molecule has 0 radical (unpaired) electrons. The van der Waals surface area contributed by atoms with E-state index < -0.39 is 0 Å². The molecule has 0 aliphatic carbocycles. The predicted octanol–water partition coefficient (Wildman–Crippen LogP) is 1.10. The van der Waals surface area contributed by atoms with Crippen molar-refractivity contribution in [2.24, 2.45) is 5.73 Å². The summed E-state index contributed by atoms with van der Waals surface area (Å²) >= 11 is 0. The summed E-state index contributed by atoms with van der Waals surface area (Å²) in [6.45, 7) is 3.76. The Morgan fingerprint density at radius 1 is 1.54 bits per heavy atom. The van der Waals surface area contributed by atoms with Crippen molar-refractivity contribution in [3.63, 3.8) is 0 Å². The van der Waals surface area contributed by atoms with Crippen LogP contribution in [0.15, 0.2) is 4.52 Å². The number of hydrogen-bond acceptors (Lipinski definition) is 4. The van der Waals surface area contributed by atoms with Gasteiger partial charge in [-0.25, -0.2) is 0 Å². The topological polar surface area (TPSA) is 72.3 Å². The molecule has 76 valence electrons. The first kappa shape index (κ1) is 12.4. The van der Waals surface area contributed by atoms with Crippen molar-refractivity contribution < 1.29 is 9.63 Å². The first-order valence-electron chi connectivity index (χ1n) is 3.96. The predicted molar refractivity (Wildman–Crippen MR) is 51.9 cm³/mol. The molecular weight excluding hydrogens is 192 g/mol. The molecule has 0 bridgehead atoms. The molecule has 1 atom stereocenters. The smallest absolute Gasteiger partial charge is 0.138 e. The number of halogens is 1. The minimum absolute atomic E-state index is 0. The zero-order chi connectivity index (χ0) is 9.14. The van der Waals surface area contributed by atoms with Gasteiger partial charge in [0.2, 0.25) is 0 Å². The fraction of sp³-hybridized carbons (Fsp3) is 0.625. The van der Waals surface area contributed by atoms with E-state index >= 15 is 0 Å². The minimum atomic E-state index is -0.166. The third kappa shape index (κ3) is 2.69. The molecule has 3 N–H and O–H groups in total. The van der Waals surface area contributed by atoms with Crippen LogP contribution >= 0.6 is 12.4 Å². The number of nitrogens with two attached hydrogens (primary N) is 1. The highest BCUT2D eigenvalue weighted by atomic mass is 35.5. The number of aliphatic hydroxyl groups is 1. The quantitative estimate of drug-likeness (QED) is 0.777. The van der Waals surface area contributed by atoms with Crippen LogP contribution in [0.2, 0.25) is 0 Å². The van der Waals surface area contributed by atoms with Gasteiger partial charge in [-0.3, -0.25) is 0 Å². The second-order valence-electron chi connectivity index (χ2n) is 2.86. The standard InChI is InChI=1S/C8H14N2O2.ClH/c1-5-8(6(2)12-10-5)7(9)3-4-11;/h7,11H,3-4,9H2,1-2H3;1H. The van der Waals surface area contributed by atoms with Crippen molar-refractivity contribution >= 4 is 12.4 Å². The lowest BCUT2D eigenvalue weighted by Gasteiger charge is -2.08. The van der Waals surface area contributed by atoms with Crippen LogP contribution in [0.3, 0.4) is 0 Å². The van der Waals surface area contributed by atoms with E-state index in [1.165, 1.54) is 0 Å². The van der Waals surface area contributed by atoms with E-state index in [0.29, 0.717) is 6.42 Å². The van der Waals surface area contributed by atoms with Gasteiger partial charge in [-0.15, -0.1) is 12.4 Å². The van der Waals surface area contributed by atoms with E-state index in [1.54, 1.807) is 0 Å². The van der Waals surface area contributed by atoms with Crippen molar-refractivity contribution in [2.75, 3.05) is 6.61 Å². The van der Waals surface area contributed by atoms with Crippen molar-refractivity contribution in [3.8, 4) is 0 Å². The maximum Gasteiger partial charge on any atom is 0.138 e. The van der Waals surface area contributed by atoms with Crippen LogP contribution in [0.25, 0.3) is 0 Å². The molecule has 13 heavy (non-hydrogen) atoms. The van der Waals surface area contributed by atoms with Gasteiger partial charge in [-0.05, 0) is 20.3 Å². The Kier molecular flexibility index (Phi) is 4.98. The number of rotatable bonds is 3. The molecule has 0 aromatic carbocycles. The summed E-state index contributed by atoms with van der Waals surface area (Å²) in [5.74, 6) is 0.744. The monoisotopic (exact) mass is 206 g/mol. The highest BCUT2D eigenvalue weighted by Gasteiger charge is 2.15. The molecule has 1 unspecified atom stereocenters. The Labute approximate surface area is 83.5 Å². The van der Waals surface area contributed by atoms with Gasteiger partial charge in [0.15, 0.2) is 0 Å². The highest BCUT2D eigenvalue weighted by Crippen LogP contribution is 2.21. The molecule has 0 fully saturated rings. The zero-order valence-electron chi connectivity index (χ0n) is 7.78. The van der Waals surface area contributed by atoms with Gasteiger partial charge in [-0.1, -0.05) is 5.16 Å². The van der Waals surface area contributed by atoms with Crippen molar-refractivity contribution in [1.29, 1.82) is 0 Å². The summed E-state index contributed by atoms with van der Waals surface area (Å²) in [6.07, 6.45) is 0.545. The average molecular weight is 207 g/mol. The van der Waals surface area contributed by atoms with Gasteiger partial charge >= 0.3 is 0 Å². The van der Waals surface area contributed by atoms with Crippen molar-refractivity contribution in [1.82, 2.24) is 5.16 Å². The normalized spacial score (nSPS) is 12.3. The molecular formula is C8H15ClN2O2. The maximum absolute atomic E-state index is 8.69. The molecule has 0 spiro atoms. The Morgan fingerprint density at radius 3 is 2.54 bits per heavy atom. The largest absolute Gasteiger partial charge is 0.396 e. The average Bonchev–Trinajstić information content (AvgIpc) is 2.32. The summed E-state index contributed by atoms with van der Waals surface area (Å²) in [6, 6.07) is -0.166. The Morgan fingerprint density at radius 2 is 2.15 bits per heavy atom. The number of aliphatic hydroxyl groups excluding tert-OH is 1. The molecule has 5 heteroatoms. The van der Waals surface area contributed by atoms with Gasteiger partial charge < -0.3 is 15.4 Å². The summed E-state index contributed by atoms with van der Waals surface area (Å²) in [5, 5.41) is 12.5. The van der Waals surface area contributed by atoms with Crippen LogP contribution in [0.1, 0.15) is 29.5 Å². The van der Waals surface area contributed by atoms with Crippen LogP contribution in [-0.2, 0) is 0 Å².